The molecule has 78 valence electrons. The minimum Gasteiger partial charge on any atom is -0.366 e. The van der Waals surface area contributed by atoms with Crippen molar-refractivity contribution in [3.8, 4) is 0 Å². The summed E-state index contributed by atoms with van der Waals surface area (Å²) in [6.45, 7) is 7.60. The van der Waals surface area contributed by atoms with Crippen molar-refractivity contribution in [3.63, 3.8) is 0 Å². The number of H-pyrrole nitrogens is 1. The van der Waals surface area contributed by atoms with Crippen LogP contribution in [0.2, 0.25) is 0 Å². The Morgan fingerprint density at radius 2 is 2.50 bits per heavy atom. The zero-order chi connectivity index (χ0) is 9.97. The summed E-state index contributed by atoms with van der Waals surface area (Å²) in [5.41, 5.74) is 2.53. The Bertz CT molecular complexity index is 294. The standard InChI is InChI=1S/C10H18N4/c1-3-9-10(6-12-13-9)14-5-4-11-8(2)7-14/h6,8,11H,3-5,7H2,1-2H3,(H,12,13). The van der Waals surface area contributed by atoms with Gasteiger partial charge in [-0.3, -0.25) is 5.10 Å². The lowest BCUT2D eigenvalue weighted by Crippen LogP contribution is -2.49. The van der Waals surface area contributed by atoms with Crippen LogP contribution in [0.3, 0.4) is 0 Å². The molecule has 1 saturated heterocycles. The smallest absolute Gasteiger partial charge is 0.0783 e. The Labute approximate surface area is 84.7 Å². The molecule has 1 unspecified atom stereocenters. The lowest BCUT2D eigenvalue weighted by molar-refractivity contribution is 0.484. The van der Waals surface area contributed by atoms with Crippen molar-refractivity contribution in [3.05, 3.63) is 11.9 Å². The lowest BCUT2D eigenvalue weighted by Gasteiger charge is -2.33. The molecule has 1 atom stereocenters. The van der Waals surface area contributed by atoms with E-state index in [2.05, 4.69) is 34.3 Å². The number of anilines is 1. The molecule has 0 aromatic carbocycles. The lowest BCUT2D eigenvalue weighted by atomic mass is 10.2. The highest BCUT2D eigenvalue weighted by Crippen LogP contribution is 2.19. The van der Waals surface area contributed by atoms with Gasteiger partial charge in [-0.05, 0) is 13.3 Å². The molecule has 14 heavy (non-hydrogen) atoms. The first-order chi connectivity index (χ1) is 6.81. The fourth-order valence-electron chi connectivity index (χ4n) is 1.99. The molecule has 4 heteroatoms. The van der Waals surface area contributed by atoms with Crippen LogP contribution in [0.1, 0.15) is 19.5 Å². The van der Waals surface area contributed by atoms with E-state index in [-0.39, 0.29) is 0 Å². The number of hydrogen-bond acceptors (Lipinski definition) is 3. The Balaban J connectivity index is 2.13. The van der Waals surface area contributed by atoms with Gasteiger partial charge in [-0.2, -0.15) is 5.10 Å². The summed E-state index contributed by atoms with van der Waals surface area (Å²) in [6, 6.07) is 0.573. The zero-order valence-electron chi connectivity index (χ0n) is 8.88. The van der Waals surface area contributed by atoms with E-state index in [1.54, 1.807) is 0 Å². The summed E-state index contributed by atoms with van der Waals surface area (Å²) in [7, 11) is 0. The van der Waals surface area contributed by atoms with Gasteiger partial charge in [0.25, 0.3) is 0 Å². The van der Waals surface area contributed by atoms with E-state index in [1.807, 2.05) is 6.20 Å². The van der Waals surface area contributed by atoms with Gasteiger partial charge >= 0.3 is 0 Å². The molecular weight excluding hydrogens is 176 g/mol. The Kier molecular flexibility index (Phi) is 2.72. The van der Waals surface area contributed by atoms with Gasteiger partial charge in [0.05, 0.1) is 17.6 Å². The molecule has 0 spiro atoms. The number of aryl methyl sites for hydroxylation is 1. The molecule has 1 aliphatic heterocycles. The van der Waals surface area contributed by atoms with Gasteiger partial charge in [-0.15, -0.1) is 0 Å². The number of hydrogen-bond donors (Lipinski definition) is 2. The number of aromatic nitrogens is 2. The van der Waals surface area contributed by atoms with Crippen LogP contribution in [0.5, 0.6) is 0 Å². The quantitative estimate of drug-likeness (QED) is 0.731. The molecule has 1 aliphatic rings. The first-order valence-corrected chi connectivity index (χ1v) is 5.32. The number of piperazine rings is 1. The molecule has 0 amide bonds. The molecule has 2 heterocycles. The van der Waals surface area contributed by atoms with Gasteiger partial charge in [0.15, 0.2) is 0 Å². The first-order valence-electron chi connectivity index (χ1n) is 5.32. The van der Waals surface area contributed by atoms with E-state index >= 15 is 0 Å². The molecule has 0 saturated carbocycles. The third-order valence-corrected chi connectivity index (χ3v) is 2.76. The topological polar surface area (TPSA) is 44.0 Å². The number of nitrogens with zero attached hydrogens (tertiary/aromatic N) is 2. The van der Waals surface area contributed by atoms with Crippen LogP contribution >= 0.6 is 0 Å². The summed E-state index contributed by atoms with van der Waals surface area (Å²) >= 11 is 0. The zero-order valence-corrected chi connectivity index (χ0v) is 8.88. The van der Waals surface area contributed by atoms with Gasteiger partial charge in [0.2, 0.25) is 0 Å². The Hall–Kier alpha value is -1.03. The molecule has 0 radical (unpaired) electrons. The van der Waals surface area contributed by atoms with Crippen LogP contribution in [0, 0.1) is 0 Å². The van der Waals surface area contributed by atoms with E-state index in [1.165, 1.54) is 11.4 Å². The second-order valence-corrected chi connectivity index (χ2v) is 3.89. The fourth-order valence-corrected chi connectivity index (χ4v) is 1.99. The Morgan fingerprint density at radius 3 is 3.21 bits per heavy atom. The molecule has 1 aromatic rings. The molecule has 0 aliphatic carbocycles. The van der Waals surface area contributed by atoms with Crippen molar-refractivity contribution in [1.29, 1.82) is 0 Å². The van der Waals surface area contributed by atoms with Crippen molar-refractivity contribution >= 4 is 5.69 Å². The van der Waals surface area contributed by atoms with Gasteiger partial charge in [-0.1, -0.05) is 6.92 Å². The van der Waals surface area contributed by atoms with Crippen LogP contribution in [-0.4, -0.2) is 35.9 Å². The van der Waals surface area contributed by atoms with Crippen molar-refractivity contribution in [2.24, 2.45) is 0 Å². The molecule has 2 rings (SSSR count). The number of aromatic amines is 1. The maximum Gasteiger partial charge on any atom is 0.0783 e. The second kappa shape index (κ2) is 4.00. The average Bonchev–Trinajstić information content (AvgIpc) is 2.65. The number of nitrogens with one attached hydrogen (secondary N) is 2. The fraction of sp³-hybridized carbons (Fsp3) is 0.700. The molecule has 0 bridgehead atoms. The molecular formula is C10H18N4. The average molecular weight is 194 g/mol. The third-order valence-electron chi connectivity index (χ3n) is 2.76. The monoisotopic (exact) mass is 194 g/mol. The highest BCUT2D eigenvalue weighted by atomic mass is 15.2. The highest BCUT2D eigenvalue weighted by Gasteiger charge is 2.18. The van der Waals surface area contributed by atoms with Crippen LogP contribution in [0.25, 0.3) is 0 Å². The van der Waals surface area contributed by atoms with E-state index in [4.69, 9.17) is 0 Å². The van der Waals surface area contributed by atoms with Crippen LogP contribution in [0.4, 0.5) is 5.69 Å². The van der Waals surface area contributed by atoms with E-state index in [0.717, 1.165) is 26.1 Å². The summed E-state index contributed by atoms with van der Waals surface area (Å²) in [5, 5.41) is 10.6. The van der Waals surface area contributed by atoms with E-state index in [0.29, 0.717) is 6.04 Å². The number of rotatable bonds is 2. The summed E-state index contributed by atoms with van der Waals surface area (Å²) in [4.78, 5) is 2.41. The van der Waals surface area contributed by atoms with E-state index in [9.17, 15) is 0 Å². The van der Waals surface area contributed by atoms with Crippen molar-refractivity contribution in [2.45, 2.75) is 26.3 Å². The predicted molar refractivity (Wildman–Crippen MR) is 57.6 cm³/mol. The predicted octanol–water partition coefficient (Wildman–Crippen LogP) is 0.770. The van der Waals surface area contributed by atoms with Gasteiger partial charge < -0.3 is 10.2 Å². The van der Waals surface area contributed by atoms with Gasteiger partial charge in [0.1, 0.15) is 0 Å². The SMILES string of the molecule is CCc1[nH]ncc1N1CCNC(C)C1. The van der Waals surface area contributed by atoms with Gasteiger partial charge in [-0.25, -0.2) is 0 Å². The first kappa shape index (κ1) is 9.52. The van der Waals surface area contributed by atoms with Crippen molar-refractivity contribution in [1.82, 2.24) is 15.5 Å². The van der Waals surface area contributed by atoms with Crippen LogP contribution in [0.15, 0.2) is 6.20 Å². The summed E-state index contributed by atoms with van der Waals surface area (Å²) < 4.78 is 0. The highest BCUT2D eigenvalue weighted by molar-refractivity contribution is 5.49. The summed E-state index contributed by atoms with van der Waals surface area (Å²) in [6.07, 6.45) is 2.96. The largest absolute Gasteiger partial charge is 0.366 e. The molecule has 4 nitrogen and oxygen atoms in total. The van der Waals surface area contributed by atoms with E-state index < -0.39 is 0 Å². The van der Waals surface area contributed by atoms with Crippen molar-refractivity contribution in [2.75, 3.05) is 24.5 Å². The second-order valence-electron chi connectivity index (χ2n) is 3.89. The third kappa shape index (κ3) is 1.75. The molecule has 1 fully saturated rings. The molecule has 1 aromatic heterocycles. The van der Waals surface area contributed by atoms with Gasteiger partial charge in [0, 0.05) is 25.7 Å². The normalized spacial score (nSPS) is 22.7. The van der Waals surface area contributed by atoms with Crippen molar-refractivity contribution < 1.29 is 0 Å². The maximum absolute atomic E-state index is 4.11. The maximum atomic E-state index is 4.11. The minimum atomic E-state index is 0.573. The molecule has 2 N–H and O–H groups in total. The summed E-state index contributed by atoms with van der Waals surface area (Å²) in [5.74, 6) is 0. The Morgan fingerprint density at radius 1 is 1.64 bits per heavy atom. The van der Waals surface area contributed by atoms with Crippen LogP contribution < -0.4 is 10.2 Å². The van der Waals surface area contributed by atoms with Crippen LogP contribution in [-0.2, 0) is 6.42 Å². The minimum absolute atomic E-state index is 0.573.